The minimum Gasteiger partial charge on any atom is -0.324 e. The summed E-state index contributed by atoms with van der Waals surface area (Å²) in [7, 11) is 0. The smallest absolute Gasteiger partial charge is 0.274 e. The van der Waals surface area contributed by atoms with Crippen molar-refractivity contribution in [1.82, 2.24) is 14.8 Å². The van der Waals surface area contributed by atoms with E-state index in [-0.39, 0.29) is 35.6 Å². The molecule has 1 unspecified atom stereocenters. The van der Waals surface area contributed by atoms with Gasteiger partial charge in [0.05, 0.1) is 11.3 Å². The Hall–Kier alpha value is -3.30. The largest absolute Gasteiger partial charge is 0.324 e. The molecule has 1 atom stereocenters. The number of aryl methyl sites for hydroxylation is 1. The van der Waals surface area contributed by atoms with Gasteiger partial charge in [0.15, 0.2) is 5.82 Å². The van der Waals surface area contributed by atoms with Gasteiger partial charge in [-0.2, -0.15) is 10.1 Å². The predicted octanol–water partition coefficient (Wildman–Crippen LogP) is 2.14. The third-order valence-corrected chi connectivity index (χ3v) is 4.07. The molecule has 1 aromatic carbocycles. The van der Waals surface area contributed by atoms with E-state index in [1.807, 2.05) is 13.8 Å². The minimum absolute atomic E-state index is 0.0356. The zero-order valence-electron chi connectivity index (χ0n) is 14.5. The molecule has 3 rings (SSSR count). The van der Waals surface area contributed by atoms with Crippen LogP contribution in [0.3, 0.4) is 0 Å². The summed E-state index contributed by atoms with van der Waals surface area (Å²) in [4.78, 5) is 39.4. The van der Waals surface area contributed by atoms with Gasteiger partial charge in [-0.05, 0) is 13.0 Å². The van der Waals surface area contributed by atoms with E-state index < -0.39 is 16.9 Å². The van der Waals surface area contributed by atoms with Gasteiger partial charge in [0, 0.05) is 23.2 Å². The van der Waals surface area contributed by atoms with Gasteiger partial charge >= 0.3 is 0 Å². The molecule has 1 aliphatic rings. The minimum atomic E-state index is -0.876. The molecule has 2 heterocycles. The zero-order valence-corrected chi connectivity index (χ0v) is 14.5. The highest BCUT2D eigenvalue weighted by atomic mass is 16.6. The molecule has 10 nitrogen and oxygen atoms in total. The van der Waals surface area contributed by atoms with Gasteiger partial charge in [0.2, 0.25) is 17.8 Å². The number of anilines is 2. The highest BCUT2D eigenvalue weighted by Gasteiger charge is 2.33. The Morgan fingerprint density at radius 1 is 1.46 bits per heavy atom. The second-order valence-electron chi connectivity index (χ2n) is 6.41. The van der Waals surface area contributed by atoms with E-state index in [9.17, 15) is 19.7 Å². The van der Waals surface area contributed by atoms with Crippen molar-refractivity contribution in [3.05, 3.63) is 39.7 Å². The van der Waals surface area contributed by atoms with Crippen LogP contribution >= 0.6 is 0 Å². The summed E-state index contributed by atoms with van der Waals surface area (Å²) in [5.74, 6) is -0.0471. The average Bonchev–Trinajstić information content (AvgIpc) is 2.99. The zero-order chi connectivity index (χ0) is 19.0. The first-order chi connectivity index (χ1) is 12.3. The highest BCUT2D eigenvalue weighted by Crippen LogP contribution is 2.27. The molecule has 2 amide bonds. The van der Waals surface area contributed by atoms with Gasteiger partial charge in [0.25, 0.3) is 5.69 Å². The average molecular weight is 358 g/mol. The molecule has 2 N–H and O–H groups in total. The maximum absolute atomic E-state index is 12.7. The molecule has 10 heteroatoms. The van der Waals surface area contributed by atoms with Crippen molar-refractivity contribution >= 4 is 29.1 Å². The van der Waals surface area contributed by atoms with Crippen LogP contribution < -0.4 is 10.6 Å². The lowest BCUT2D eigenvalue weighted by Gasteiger charge is -2.22. The van der Waals surface area contributed by atoms with Gasteiger partial charge < -0.3 is 5.32 Å². The molecule has 0 aliphatic carbocycles. The third-order valence-electron chi connectivity index (χ3n) is 4.07. The molecular formula is C16H18N6O4. The number of nitro groups is 1. The fourth-order valence-corrected chi connectivity index (χ4v) is 2.64. The fourth-order valence-electron chi connectivity index (χ4n) is 2.64. The lowest BCUT2D eigenvalue weighted by Crippen LogP contribution is -2.36. The second-order valence-corrected chi connectivity index (χ2v) is 6.41. The van der Waals surface area contributed by atoms with Crippen LogP contribution in [0.5, 0.6) is 0 Å². The molecule has 1 aliphatic heterocycles. The van der Waals surface area contributed by atoms with E-state index in [4.69, 9.17) is 0 Å². The number of nitrogens with zero attached hydrogens (tertiary/aromatic N) is 4. The van der Waals surface area contributed by atoms with Crippen LogP contribution in [0.1, 0.15) is 43.6 Å². The van der Waals surface area contributed by atoms with Gasteiger partial charge in [-0.3, -0.25) is 25.0 Å². The van der Waals surface area contributed by atoms with Crippen molar-refractivity contribution in [2.24, 2.45) is 0 Å². The summed E-state index contributed by atoms with van der Waals surface area (Å²) in [6.45, 7) is 5.43. The number of nitrogens with one attached hydrogen (secondary N) is 2. The molecule has 0 saturated carbocycles. The molecule has 136 valence electrons. The van der Waals surface area contributed by atoms with Gasteiger partial charge in [-0.1, -0.05) is 19.9 Å². The summed E-state index contributed by atoms with van der Waals surface area (Å²) < 4.78 is 1.38. The van der Waals surface area contributed by atoms with Crippen LogP contribution in [0.2, 0.25) is 0 Å². The number of nitro benzene ring substituents is 1. The van der Waals surface area contributed by atoms with Crippen LogP contribution in [0.4, 0.5) is 17.3 Å². The van der Waals surface area contributed by atoms with E-state index in [1.54, 1.807) is 19.1 Å². The number of hydrogen-bond acceptors (Lipinski definition) is 6. The van der Waals surface area contributed by atoms with Crippen molar-refractivity contribution in [3.8, 4) is 0 Å². The van der Waals surface area contributed by atoms with Crippen molar-refractivity contribution < 1.29 is 14.5 Å². The van der Waals surface area contributed by atoms with Crippen LogP contribution in [-0.4, -0.2) is 31.5 Å². The SMILES string of the molecule is Cc1ccc(NC(=O)C2CC(=O)Nc3nc(C(C)C)nn32)cc1[N+](=O)[O-]. The van der Waals surface area contributed by atoms with Gasteiger partial charge in [-0.15, -0.1) is 0 Å². The van der Waals surface area contributed by atoms with E-state index >= 15 is 0 Å². The Morgan fingerprint density at radius 3 is 2.85 bits per heavy atom. The van der Waals surface area contributed by atoms with Crippen LogP contribution in [0, 0.1) is 17.0 Å². The summed E-state index contributed by atoms with van der Waals surface area (Å²) in [6, 6.07) is 3.54. The van der Waals surface area contributed by atoms with Gasteiger partial charge in [0.1, 0.15) is 6.04 Å². The normalized spacial score (nSPS) is 16.2. The first kappa shape index (κ1) is 17.5. The number of carbonyl (C=O) groups excluding carboxylic acids is 2. The van der Waals surface area contributed by atoms with Crippen LogP contribution in [0.25, 0.3) is 0 Å². The Morgan fingerprint density at radius 2 is 2.19 bits per heavy atom. The molecular weight excluding hydrogens is 340 g/mol. The summed E-state index contributed by atoms with van der Waals surface area (Å²) in [5.41, 5.74) is 0.682. The fraction of sp³-hybridized carbons (Fsp3) is 0.375. The number of rotatable bonds is 4. The molecule has 0 spiro atoms. The van der Waals surface area contributed by atoms with Crippen molar-refractivity contribution in [2.45, 2.75) is 39.2 Å². The first-order valence-electron chi connectivity index (χ1n) is 8.08. The standard InChI is InChI=1S/C16H18N6O4/c1-8(2)14-19-16-18-13(23)7-12(21(16)20-14)15(24)17-10-5-4-9(3)11(6-10)22(25)26/h4-6,8,12H,7H2,1-3H3,(H,17,24)(H,18,19,20,23). The van der Waals surface area contributed by atoms with Gasteiger partial charge in [-0.25, -0.2) is 4.68 Å². The number of hydrogen-bond donors (Lipinski definition) is 2. The van der Waals surface area contributed by atoms with Crippen molar-refractivity contribution in [3.63, 3.8) is 0 Å². The number of carbonyl (C=O) groups is 2. The lowest BCUT2D eigenvalue weighted by molar-refractivity contribution is -0.385. The van der Waals surface area contributed by atoms with E-state index in [0.717, 1.165) is 0 Å². The first-order valence-corrected chi connectivity index (χ1v) is 8.08. The molecule has 0 radical (unpaired) electrons. The second kappa shape index (κ2) is 6.54. The summed E-state index contributed by atoms with van der Waals surface area (Å²) in [6.07, 6.45) is -0.0896. The number of fused-ring (bicyclic) bond motifs is 1. The number of amides is 2. The van der Waals surface area contributed by atoms with E-state index in [2.05, 4.69) is 20.7 Å². The molecule has 26 heavy (non-hydrogen) atoms. The Bertz CT molecular complexity index is 904. The molecule has 0 saturated heterocycles. The Kier molecular flexibility index (Phi) is 4.41. The third kappa shape index (κ3) is 3.25. The summed E-state index contributed by atoms with van der Waals surface area (Å²) in [5, 5.41) is 20.6. The quantitative estimate of drug-likeness (QED) is 0.635. The van der Waals surface area contributed by atoms with Crippen molar-refractivity contribution in [2.75, 3.05) is 10.6 Å². The maximum Gasteiger partial charge on any atom is 0.274 e. The van der Waals surface area contributed by atoms with E-state index in [0.29, 0.717) is 11.4 Å². The highest BCUT2D eigenvalue weighted by molar-refractivity contribution is 6.00. The van der Waals surface area contributed by atoms with Crippen LogP contribution in [-0.2, 0) is 9.59 Å². The molecule has 2 aromatic rings. The Labute approximate surface area is 148 Å². The number of benzene rings is 1. The van der Waals surface area contributed by atoms with Crippen molar-refractivity contribution in [1.29, 1.82) is 0 Å². The summed E-state index contributed by atoms with van der Waals surface area (Å²) >= 11 is 0. The molecule has 0 fully saturated rings. The van der Waals surface area contributed by atoms with E-state index in [1.165, 1.54) is 10.7 Å². The van der Waals surface area contributed by atoms with Crippen LogP contribution in [0.15, 0.2) is 18.2 Å². The predicted molar refractivity (Wildman–Crippen MR) is 92.9 cm³/mol. The molecule has 1 aromatic heterocycles. The molecule has 0 bridgehead atoms. The maximum atomic E-state index is 12.7. The number of aromatic nitrogens is 3. The topological polar surface area (TPSA) is 132 Å². The lowest BCUT2D eigenvalue weighted by atomic mass is 10.1. The monoisotopic (exact) mass is 358 g/mol. The Balaban J connectivity index is 1.88.